The predicted octanol–water partition coefficient (Wildman–Crippen LogP) is 5.84. The number of hydrogen-bond donors (Lipinski definition) is 3. The first kappa shape index (κ1) is 27.9. The molecule has 0 amide bonds. The number of ketones is 1. The van der Waals surface area contributed by atoms with E-state index < -0.39 is 29.8 Å². The van der Waals surface area contributed by atoms with Gasteiger partial charge in [-0.2, -0.15) is 0 Å². The molecule has 0 radical (unpaired) electrons. The van der Waals surface area contributed by atoms with E-state index in [1.165, 1.54) is 29.4 Å². The van der Waals surface area contributed by atoms with Gasteiger partial charge in [0, 0.05) is 16.5 Å². The van der Waals surface area contributed by atoms with Crippen LogP contribution in [0.2, 0.25) is 0 Å². The van der Waals surface area contributed by atoms with Crippen molar-refractivity contribution < 1.29 is 29.3 Å². The quantitative estimate of drug-likeness (QED) is 0.222. The van der Waals surface area contributed by atoms with Crippen molar-refractivity contribution in [2.75, 3.05) is 7.11 Å². The van der Waals surface area contributed by atoms with E-state index in [-0.39, 0.29) is 5.56 Å². The Morgan fingerprint density at radius 2 is 1.68 bits per heavy atom. The van der Waals surface area contributed by atoms with Crippen LogP contribution in [0.3, 0.4) is 0 Å². The number of ether oxygens (including phenoxy) is 1. The van der Waals surface area contributed by atoms with E-state index in [1.807, 2.05) is 18.2 Å². The summed E-state index contributed by atoms with van der Waals surface area (Å²) >= 11 is 0. The van der Waals surface area contributed by atoms with Crippen molar-refractivity contribution in [2.45, 2.75) is 44.2 Å². The number of nitrogens with two attached hydrogens (primary N) is 1. The Hall–Kier alpha value is -4.69. The van der Waals surface area contributed by atoms with E-state index in [9.17, 15) is 24.6 Å². The van der Waals surface area contributed by atoms with Crippen molar-refractivity contribution in [2.24, 2.45) is 5.73 Å². The summed E-state index contributed by atoms with van der Waals surface area (Å²) in [6.45, 7) is 1.10. The fourth-order valence-electron chi connectivity index (χ4n) is 5.89. The van der Waals surface area contributed by atoms with Crippen LogP contribution in [0, 0.1) is 0 Å². The standard InChI is InChI=1S/C33H32N2O6/c1-33(34,31(38)23-12-15-25(41-2)16-13-23)30-29(22-10-8-21(9-11-22)20-6-4-3-5-7-20)26-17-14-24(32(39)40)18-27(26)35(30)19-28(36)37/h3-7,10,12-18,21H,8-9,11,19,34H2,1-2H3,(H,36,37)(H,39,40). The zero-order valence-electron chi connectivity index (χ0n) is 23.0. The molecule has 8 heteroatoms. The number of aliphatic carboxylic acids is 1. The van der Waals surface area contributed by atoms with Gasteiger partial charge in [-0.3, -0.25) is 9.59 Å². The molecule has 5 rings (SSSR count). The van der Waals surface area contributed by atoms with Crippen molar-refractivity contribution in [1.29, 1.82) is 0 Å². The molecule has 0 saturated carbocycles. The first-order valence-corrected chi connectivity index (χ1v) is 13.5. The highest BCUT2D eigenvalue weighted by Gasteiger charge is 2.39. The van der Waals surface area contributed by atoms with Crippen LogP contribution < -0.4 is 10.5 Å². The van der Waals surface area contributed by atoms with Crippen LogP contribution >= 0.6 is 0 Å². The molecule has 1 heterocycles. The fraction of sp³-hybridized carbons (Fsp3) is 0.242. The molecule has 2 atom stereocenters. The summed E-state index contributed by atoms with van der Waals surface area (Å²) in [6.07, 6.45) is 4.46. The molecule has 1 aliphatic rings. The molecule has 2 unspecified atom stereocenters. The van der Waals surface area contributed by atoms with Crippen LogP contribution in [-0.4, -0.2) is 39.6 Å². The number of rotatable bonds is 9. The maximum Gasteiger partial charge on any atom is 0.335 e. The lowest BCUT2D eigenvalue weighted by atomic mass is 9.79. The van der Waals surface area contributed by atoms with Crippen LogP contribution in [0.1, 0.15) is 69.6 Å². The first-order chi connectivity index (χ1) is 19.6. The number of fused-ring (bicyclic) bond motifs is 1. The van der Waals surface area contributed by atoms with E-state index in [0.717, 1.165) is 18.4 Å². The average Bonchev–Trinajstić information content (AvgIpc) is 3.30. The fourth-order valence-corrected chi connectivity index (χ4v) is 5.89. The second kappa shape index (κ2) is 11.1. The Morgan fingerprint density at radius 1 is 1.00 bits per heavy atom. The largest absolute Gasteiger partial charge is 0.497 e. The Kier molecular flexibility index (Phi) is 7.51. The molecule has 4 aromatic rings. The van der Waals surface area contributed by atoms with E-state index in [4.69, 9.17) is 10.5 Å². The molecule has 210 valence electrons. The molecule has 0 fully saturated rings. The van der Waals surface area contributed by atoms with E-state index >= 15 is 0 Å². The van der Waals surface area contributed by atoms with Crippen LogP contribution in [0.15, 0.2) is 78.9 Å². The van der Waals surface area contributed by atoms with Crippen LogP contribution in [0.25, 0.3) is 16.5 Å². The van der Waals surface area contributed by atoms with Gasteiger partial charge < -0.3 is 25.3 Å². The molecular weight excluding hydrogens is 520 g/mol. The van der Waals surface area contributed by atoms with Crippen LogP contribution in [0.4, 0.5) is 0 Å². The number of methoxy groups -OCH3 is 1. The zero-order valence-corrected chi connectivity index (χ0v) is 23.0. The smallest absolute Gasteiger partial charge is 0.335 e. The van der Waals surface area contributed by atoms with Gasteiger partial charge in [-0.05, 0) is 79.6 Å². The van der Waals surface area contributed by atoms with Crippen LogP contribution in [0.5, 0.6) is 5.75 Å². The average molecular weight is 553 g/mol. The normalized spacial score (nSPS) is 16.6. The van der Waals surface area contributed by atoms with Gasteiger partial charge in [-0.25, -0.2) is 4.79 Å². The van der Waals surface area contributed by atoms with Gasteiger partial charge in [-0.1, -0.05) is 42.5 Å². The molecule has 0 aliphatic heterocycles. The van der Waals surface area contributed by atoms with Gasteiger partial charge >= 0.3 is 11.9 Å². The number of carboxylic acids is 2. The Labute approximate surface area is 237 Å². The molecule has 0 spiro atoms. The highest BCUT2D eigenvalue weighted by Crippen LogP contribution is 2.44. The summed E-state index contributed by atoms with van der Waals surface area (Å²) < 4.78 is 6.72. The minimum atomic E-state index is -1.64. The molecule has 0 saturated heterocycles. The van der Waals surface area contributed by atoms with Crippen molar-refractivity contribution in [3.05, 3.63) is 107 Å². The summed E-state index contributed by atoms with van der Waals surface area (Å²) in [6, 6.07) is 21.5. The third-order valence-electron chi connectivity index (χ3n) is 7.92. The molecule has 41 heavy (non-hydrogen) atoms. The molecule has 4 N–H and O–H groups in total. The summed E-state index contributed by atoms with van der Waals surface area (Å²) in [7, 11) is 1.53. The number of carboxylic acid groups (broad SMARTS) is 2. The summed E-state index contributed by atoms with van der Waals surface area (Å²) in [5, 5.41) is 20.3. The molecule has 0 bridgehead atoms. The molecule has 8 nitrogen and oxygen atoms in total. The number of benzene rings is 3. The summed E-state index contributed by atoms with van der Waals surface area (Å²) in [4.78, 5) is 38.0. The summed E-state index contributed by atoms with van der Waals surface area (Å²) in [5.41, 5.74) is 9.29. The van der Waals surface area contributed by atoms with Crippen LogP contribution in [-0.2, 0) is 16.9 Å². The number of allylic oxidation sites excluding steroid dienone is 2. The van der Waals surface area contributed by atoms with Gasteiger partial charge in [-0.15, -0.1) is 0 Å². The van der Waals surface area contributed by atoms with Crippen molar-refractivity contribution in [3.63, 3.8) is 0 Å². The number of Topliss-reactive ketones (excluding diaryl/α,β-unsaturated/α-hetero) is 1. The predicted molar refractivity (Wildman–Crippen MR) is 156 cm³/mol. The molecular formula is C33H32N2O6. The number of nitrogens with zero attached hydrogens (tertiary/aromatic N) is 1. The number of carbonyl (C=O) groups excluding carboxylic acids is 1. The third-order valence-corrected chi connectivity index (χ3v) is 7.92. The Bertz CT molecular complexity index is 1670. The molecule has 3 aromatic carbocycles. The number of carbonyl (C=O) groups is 3. The highest BCUT2D eigenvalue weighted by atomic mass is 16.5. The Morgan fingerprint density at radius 3 is 2.27 bits per heavy atom. The Balaban J connectivity index is 1.72. The zero-order chi connectivity index (χ0) is 29.3. The maximum atomic E-state index is 14.0. The molecule has 1 aromatic heterocycles. The lowest BCUT2D eigenvalue weighted by molar-refractivity contribution is -0.137. The van der Waals surface area contributed by atoms with Crippen molar-refractivity contribution in [1.82, 2.24) is 4.57 Å². The molecule has 1 aliphatic carbocycles. The van der Waals surface area contributed by atoms with Gasteiger partial charge in [0.1, 0.15) is 17.8 Å². The maximum absolute atomic E-state index is 14.0. The van der Waals surface area contributed by atoms with Gasteiger partial charge in [0.25, 0.3) is 0 Å². The van der Waals surface area contributed by atoms with E-state index in [1.54, 1.807) is 37.3 Å². The topological polar surface area (TPSA) is 132 Å². The lowest BCUT2D eigenvalue weighted by Gasteiger charge is -2.29. The van der Waals surface area contributed by atoms with Gasteiger partial charge in [0.2, 0.25) is 0 Å². The SMILES string of the molecule is COc1ccc(C(=O)C(C)(N)c2c(C3=CCC(c4ccccc4)CC3)c3ccc(C(=O)O)cc3n2CC(=O)O)cc1. The minimum Gasteiger partial charge on any atom is -0.497 e. The highest BCUT2D eigenvalue weighted by molar-refractivity contribution is 6.07. The number of aromatic nitrogens is 1. The lowest BCUT2D eigenvalue weighted by Crippen LogP contribution is -2.44. The number of aromatic carboxylic acids is 1. The van der Waals surface area contributed by atoms with E-state index in [0.29, 0.717) is 45.8 Å². The second-order valence-corrected chi connectivity index (χ2v) is 10.6. The van der Waals surface area contributed by atoms with Gasteiger partial charge in [0.05, 0.1) is 23.9 Å². The van der Waals surface area contributed by atoms with Gasteiger partial charge in [0.15, 0.2) is 5.78 Å². The number of hydrogen-bond acceptors (Lipinski definition) is 5. The van der Waals surface area contributed by atoms with Crippen molar-refractivity contribution in [3.8, 4) is 5.75 Å². The summed E-state index contributed by atoms with van der Waals surface area (Å²) in [5.74, 6) is -1.75. The van der Waals surface area contributed by atoms with E-state index in [2.05, 4.69) is 18.2 Å². The second-order valence-electron chi connectivity index (χ2n) is 10.6. The third kappa shape index (κ3) is 5.26. The monoisotopic (exact) mass is 552 g/mol. The minimum absolute atomic E-state index is 0.0155. The first-order valence-electron chi connectivity index (χ1n) is 13.5. The van der Waals surface area contributed by atoms with Crippen molar-refractivity contribution >= 4 is 34.2 Å².